The maximum Gasteiger partial charge on any atom is 0.237 e. The van der Waals surface area contributed by atoms with Crippen LogP contribution >= 0.6 is 24.8 Å². The van der Waals surface area contributed by atoms with Crippen LogP contribution in [-0.2, 0) is 11.2 Å². The number of benzene rings is 1. The Kier molecular flexibility index (Phi) is 11.3. The fraction of sp³-hybridized carbons (Fsp3) is 0.588. The van der Waals surface area contributed by atoms with Gasteiger partial charge in [-0.25, -0.2) is 0 Å². The number of rotatable bonds is 6. The summed E-state index contributed by atoms with van der Waals surface area (Å²) in [6, 6.07) is 10.6. The second-order valence-electron chi connectivity index (χ2n) is 5.92. The van der Waals surface area contributed by atoms with Gasteiger partial charge in [0.15, 0.2) is 0 Å². The van der Waals surface area contributed by atoms with E-state index in [2.05, 4.69) is 40.5 Å². The van der Waals surface area contributed by atoms with Crippen molar-refractivity contribution in [3.05, 3.63) is 35.9 Å². The largest absolute Gasteiger partial charge is 0.353 e. The molecule has 1 aromatic rings. The molecule has 3 N–H and O–H groups in total. The minimum atomic E-state index is -0.0470. The predicted octanol–water partition coefficient (Wildman–Crippen LogP) is 2.25. The average Bonchev–Trinajstić information content (AvgIpc) is 2.53. The lowest BCUT2D eigenvalue weighted by molar-refractivity contribution is -0.126. The number of amides is 1. The molecular weight excluding hydrogens is 333 g/mol. The summed E-state index contributed by atoms with van der Waals surface area (Å²) < 4.78 is 0. The van der Waals surface area contributed by atoms with Crippen molar-refractivity contribution in [2.45, 2.75) is 32.2 Å². The van der Waals surface area contributed by atoms with Crippen molar-refractivity contribution in [3.63, 3.8) is 0 Å². The van der Waals surface area contributed by atoms with Crippen molar-refractivity contribution in [2.75, 3.05) is 26.2 Å². The third kappa shape index (κ3) is 7.08. The van der Waals surface area contributed by atoms with Crippen LogP contribution < -0.4 is 11.1 Å². The van der Waals surface area contributed by atoms with Gasteiger partial charge < -0.3 is 11.1 Å². The molecule has 0 saturated carbocycles. The zero-order valence-electron chi connectivity index (χ0n) is 13.7. The van der Waals surface area contributed by atoms with Gasteiger partial charge in [0.1, 0.15) is 0 Å². The molecule has 1 aliphatic rings. The molecule has 1 saturated heterocycles. The summed E-state index contributed by atoms with van der Waals surface area (Å²) in [5.41, 5.74) is 6.84. The number of halogens is 2. The van der Waals surface area contributed by atoms with E-state index in [9.17, 15) is 4.79 Å². The van der Waals surface area contributed by atoms with E-state index in [1.165, 1.54) is 18.4 Å². The standard InChI is InChI=1S/C17H27N3O.2ClH/c1-14(17(21)19-10-9-18)20-11-7-16(8-12-20)13-15-5-3-2-4-6-15;;/h2-6,14,16H,7-13,18H2,1H3,(H,19,21);2*1H. The van der Waals surface area contributed by atoms with Crippen LogP contribution in [0.25, 0.3) is 0 Å². The van der Waals surface area contributed by atoms with E-state index in [1.807, 2.05) is 6.92 Å². The summed E-state index contributed by atoms with van der Waals surface area (Å²) in [6.07, 6.45) is 3.50. The average molecular weight is 362 g/mol. The molecule has 23 heavy (non-hydrogen) atoms. The summed E-state index contributed by atoms with van der Waals surface area (Å²) in [7, 11) is 0. The first-order chi connectivity index (χ1) is 10.2. The molecule has 1 heterocycles. The number of carbonyl (C=O) groups excluding carboxylic acids is 1. The molecule has 1 amide bonds. The third-order valence-corrected chi connectivity index (χ3v) is 4.39. The van der Waals surface area contributed by atoms with Crippen LogP contribution in [0.5, 0.6) is 0 Å². The van der Waals surface area contributed by atoms with Crippen molar-refractivity contribution in [1.29, 1.82) is 0 Å². The molecule has 6 heteroatoms. The highest BCUT2D eigenvalue weighted by Crippen LogP contribution is 2.22. The molecule has 0 aliphatic carbocycles. The monoisotopic (exact) mass is 361 g/mol. The zero-order valence-corrected chi connectivity index (χ0v) is 15.4. The molecular formula is C17H29Cl2N3O. The van der Waals surface area contributed by atoms with Gasteiger partial charge in [-0.15, -0.1) is 24.8 Å². The van der Waals surface area contributed by atoms with Gasteiger partial charge in [-0.3, -0.25) is 9.69 Å². The minimum Gasteiger partial charge on any atom is -0.353 e. The van der Waals surface area contributed by atoms with E-state index < -0.39 is 0 Å². The fourth-order valence-corrected chi connectivity index (χ4v) is 3.00. The number of carbonyl (C=O) groups is 1. The molecule has 1 aliphatic heterocycles. The van der Waals surface area contributed by atoms with Crippen LogP contribution in [0.15, 0.2) is 30.3 Å². The molecule has 0 bridgehead atoms. The van der Waals surface area contributed by atoms with Gasteiger partial charge in [0, 0.05) is 13.1 Å². The van der Waals surface area contributed by atoms with Crippen molar-refractivity contribution in [2.24, 2.45) is 11.7 Å². The highest BCUT2D eigenvalue weighted by atomic mass is 35.5. The lowest BCUT2D eigenvalue weighted by Gasteiger charge is -2.35. The Morgan fingerprint density at radius 3 is 2.43 bits per heavy atom. The van der Waals surface area contributed by atoms with E-state index in [0.717, 1.165) is 25.4 Å². The zero-order chi connectivity index (χ0) is 15.1. The molecule has 1 aromatic carbocycles. The molecule has 132 valence electrons. The summed E-state index contributed by atoms with van der Waals surface area (Å²) in [6.45, 7) is 5.07. The van der Waals surface area contributed by atoms with Gasteiger partial charge >= 0.3 is 0 Å². The van der Waals surface area contributed by atoms with Gasteiger partial charge in [0.25, 0.3) is 0 Å². The van der Waals surface area contributed by atoms with E-state index in [0.29, 0.717) is 13.1 Å². The smallest absolute Gasteiger partial charge is 0.237 e. The lowest BCUT2D eigenvalue weighted by Crippen LogP contribution is -2.49. The maximum atomic E-state index is 12.0. The summed E-state index contributed by atoms with van der Waals surface area (Å²) >= 11 is 0. The number of hydrogen-bond donors (Lipinski definition) is 2. The van der Waals surface area contributed by atoms with Crippen LogP contribution in [0, 0.1) is 5.92 Å². The predicted molar refractivity (Wildman–Crippen MR) is 100 cm³/mol. The van der Waals surface area contributed by atoms with Gasteiger partial charge in [0.2, 0.25) is 5.91 Å². The number of piperidine rings is 1. The van der Waals surface area contributed by atoms with Gasteiger partial charge in [-0.05, 0) is 50.8 Å². The molecule has 1 fully saturated rings. The number of hydrogen-bond acceptors (Lipinski definition) is 3. The second-order valence-corrected chi connectivity index (χ2v) is 5.92. The van der Waals surface area contributed by atoms with E-state index in [4.69, 9.17) is 5.73 Å². The van der Waals surface area contributed by atoms with Crippen molar-refractivity contribution in [3.8, 4) is 0 Å². The summed E-state index contributed by atoms with van der Waals surface area (Å²) in [5.74, 6) is 0.838. The second kappa shape index (κ2) is 11.7. The first kappa shape index (κ1) is 22.2. The first-order valence-electron chi connectivity index (χ1n) is 7.96. The van der Waals surface area contributed by atoms with E-state index in [1.54, 1.807) is 0 Å². The van der Waals surface area contributed by atoms with Crippen LogP contribution in [-0.4, -0.2) is 43.0 Å². The Morgan fingerprint density at radius 1 is 1.26 bits per heavy atom. The van der Waals surface area contributed by atoms with Gasteiger partial charge in [-0.1, -0.05) is 30.3 Å². The Labute approximate surface area is 152 Å². The molecule has 4 nitrogen and oxygen atoms in total. The molecule has 0 radical (unpaired) electrons. The summed E-state index contributed by atoms with van der Waals surface area (Å²) in [4.78, 5) is 14.3. The van der Waals surface area contributed by atoms with Crippen LogP contribution in [0.2, 0.25) is 0 Å². The van der Waals surface area contributed by atoms with Crippen molar-refractivity contribution in [1.82, 2.24) is 10.2 Å². The number of nitrogens with two attached hydrogens (primary N) is 1. The Hall–Kier alpha value is -0.810. The maximum absolute atomic E-state index is 12.0. The van der Waals surface area contributed by atoms with Crippen LogP contribution in [0.3, 0.4) is 0 Å². The van der Waals surface area contributed by atoms with Crippen molar-refractivity contribution >= 4 is 30.7 Å². The lowest BCUT2D eigenvalue weighted by atomic mass is 9.89. The van der Waals surface area contributed by atoms with Crippen LogP contribution in [0.1, 0.15) is 25.3 Å². The molecule has 1 atom stereocenters. The fourth-order valence-electron chi connectivity index (χ4n) is 3.00. The number of likely N-dealkylation sites (tertiary alicyclic amines) is 1. The summed E-state index contributed by atoms with van der Waals surface area (Å²) in [5, 5.41) is 2.87. The van der Waals surface area contributed by atoms with Gasteiger partial charge in [-0.2, -0.15) is 0 Å². The first-order valence-corrected chi connectivity index (χ1v) is 7.96. The third-order valence-electron chi connectivity index (χ3n) is 4.39. The number of nitrogens with one attached hydrogen (secondary N) is 1. The number of nitrogens with zero attached hydrogens (tertiary/aromatic N) is 1. The SMILES string of the molecule is CC(C(=O)NCCN)N1CCC(Cc2ccccc2)CC1.Cl.Cl. The normalized spacial score (nSPS) is 16.8. The topological polar surface area (TPSA) is 58.4 Å². The molecule has 1 unspecified atom stereocenters. The molecule has 2 rings (SSSR count). The Balaban J connectivity index is 0.00000242. The van der Waals surface area contributed by atoms with E-state index in [-0.39, 0.29) is 36.8 Å². The quantitative estimate of drug-likeness (QED) is 0.816. The highest BCUT2D eigenvalue weighted by molar-refractivity contribution is 5.85. The Morgan fingerprint density at radius 2 is 1.87 bits per heavy atom. The van der Waals surface area contributed by atoms with E-state index >= 15 is 0 Å². The Bertz CT molecular complexity index is 437. The molecule has 0 spiro atoms. The van der Waals surface area contributed by atoms with Crippen LogP contribution in [0.4, 0.5) is 0 Å². The molecule has 0 aromatic heterocycles. The van der Waals surface area contributed by atoms with Gasteiger partial charge in [0.05, 0.1) is 6.04 Å². The van der Waals surface area contributed by atoms with Crippen molar-refractivity contribution < 1.29 is 4.79 Å². The highest BCUT2D eigenvalue weighted by Gasteiger charge is 2.26. The minimum absolute atomic E-state index is 0.